The molecule has 0 unspecified atom stereocenters. The molecule has 0 bridgehead atoms. The van der Waals surface area contributed by atoms with E-state index in [-0.39, 0.29) is 0 Å². The number of nitrogens with zero attached hydrogens (tertiary/aromatic N) is 4. The Morgan fingerprint density at radius 2 is 2.04 bits per heavy atom. The molecule has 1 aliphatic rings. The summed E-state index contributed by atoms with van der Waals surface area (Å²) < 4.78 is 7.84. The molecular weight excluding hydrogens is 324 g/mol. The van der Waals surface area contributed by atoms with Crippen molar-refractivity contribution in [3.05, 3.63) is 48.2 Å². The van der Waals surface area contributed by atoms with Gasteiger partial charge in [0, 0.05) is 37.9 Å². The highest BCUT2D eigenvalue weighted by Crippen LogP contribution is 2.25. The quantitative estimate of drug-likeness (QED) is 0.695. The highest BCUT2D eigenvalue weighted by molar-refractivity contribution is 5.67. The summed E-state index contributed by atoms with van der Waals surface area (Å²) in [5, 5.41) is 4.64. The van der Waals surface area contributed by atoms with Crippen LogP contribution in [0.5, 0.6) is 0 Å². The molecule has 1 atom stereocenters. The maximum atomic E-state index is 5.89. The number of hydrogen-bond donors (Lipinski definition) is 0. The smallest absolute Gasteiger partial charge is 0.158 e. The van der Waals surface area contributed by atoms with Crippen LogP contribution in [0.4, 0.5) is 5.82 Å². The fraction of sp³-hybridized carbons (Fsp3) is 0.429. The molecule has 1 aromatic carbocycles. The molecule has 2 aromatic heterocycles. The van der Waals surface area contributed by atoms with E-state index in [0.717, 1.165) is 48.0 Å². The number of hydrogen-bond acceptors (Lipinski definition) is 4. The monoisotopic (exact) mass is 350 g/mol. The van der Waals surface area contributed by atoms with Crippen LogP contribution in [-0.2, 0) is 4.74 Å². The normalized spacial score (nSPS) is 17.5. The van der Waals surface area contributed by atoms with Gasteiger partial charge in [-0.15, -0.1) is 0 Å². The molecular formula is C21H26N4O. The van der Waals surface area contributed by atoms with Gasteiger partial charge >= 0.3 is 0 Å². The average Bonchev–Trinajstić information content (AvgIpc) is 3.07. The molecule has 136 valence electrons. The molecule has 3 heterocycles. The van der Waals surface area contributed by atoms with Crippen molar-refractivity contribution in [1.82, 2.24) is 14.6 Å². The first-order valence-electron chi connectivity index (χ1n) is 9.46. The van der Waals surface area contributed by atoms with E-state index >= 15 is 0 Å². The van der Waals surface area contributed by atoms with Crippen molar-refractivity contribution in [2.45, 2.75) is 38.7 Å². The average molecular weight is 350 g/mol. The maximum absolute atomic E-state index is 5.89. The SMILES string of the molecule is Cc1cc2nc(-c3ccccc3)cc(N(C)CC[C@@H]3CCCCO3)n2n1. The molecule has 3 aromatic rings. The number of ether oxygens (including phenoxy) is 1. The Labute approximate surface area is 154 Å². The van der Waals surface area contributed by atoms with Crippen LogP contribution in [0.3, 0.4) is 0 Å². The van der Waals surface area contributed by atoms with E-state index in [2.05, 4.69) is 35.2 Å². The Hall–Kier alpha value is -2.40. The Bertz CT molecular complexity index is 868. The van der Waals surface area contributed by atoms with Crippen molar-refractivity contribution < 1.29 is 4.74 Å². The number of aryl methyl sites for hydroxylation is 1. The summed E-state index contributed by atoms with van der Waals surface area (Å²) in [6.07, 6.45) is 5.09. The fourth-order valence-corrected chi connectivity index (χ4v) is 3.59. The molecule has 0 amide bonds. The van der Waals surface area contributed by atoms with Crippen LogP contribution in [0.1, 0.15) is 31.4 Å². The topological polar surface area (TPSA) is 42.7 Å². The Morgan fingerprint density at radius 3 is 2.81 bits per heavy atom. The molecule has 0 saturated carbocycles. The third-order valence-electron chi connectivity index (χ3n) is 5.05. The molecule has 1 fully saturated rings. The molecule has 26 heavy (non-hydrogen) atoms. The number of benzene rings is 1. The molecule has 5 nitrogen and oxygen atoms in total. The van der Waals surface area contributed by atoms with E-state index in [1.165, 1.54) is 19.3 Å². The lowest BCUT2D eigenvalue weighted by molar-refractivity contribution is 0.0126. The zero-order chi connectivity index (χ0) is 17.9. The first kappa shape index (κ1) is 17.0. The van der Waals surface area contributed by atoms with Gasteiger partial charge in [0.15, 0.2) is 5.65 Å². The molecule has 0 radical (unpaired) electrons. The number of aromatic nitrogens is 3. The third-order valence-corrected chi connectivity index (χ3v) is 5.05. The van der Waals surface area contributed by atoms with E-state index in [0.29, 0.717) is 6.10 Å². The van der Waals surface area contributed by atoms with Crippen molar-refractivity contribution >= 4 is 11.5 Å². The summed E-state index contributed by atoms with van der Waals surface area (Å²) in [4.78, 5) is 7.08. The number of rotatable bonds is 5. The van der Waals surface area contributed by atoms with Crippen LogP contribution in [-0.4, -0.2) is 40.9 Å². The van der Waals surface area contributed by atoms with Gasteiger partial charge in [0.05, 0.1) is 17.5 Å². The van der Waals surface area contributed by atoms with E-state index in [1.807, 2.05) is 35.7 Å². The minimum Gasteiger partial charge on any atom is -0.378 e. The summed E-state index contributed by atoms with van der Waals surface area (Å²) in [6.45, 7) is 3.86. The maximum Gasteiger partial charge on any atom is 0.158 e. The summed E-state index contributed by atoms with van der Waals surface area (Å²) >= 11 is 0. The number of fused-ring (bicyclic) bond motifs is 1. The summed E-state index contributed by atoms with van der Waals surface area (Å²) in [5.74, 6) is 1.07. The zero-order valence-electron chi connectivity index (χ0n) is 15.6. The predicted molar refractivity (Wildman–Crippen MR) is 105 cm³/mol. The van der Waals surface area contributed by atoms with E-state index in [4.69, 9.17) is 9.72 Å². The van der Waals surface area contributed by atoms with Gasteiger partial charge in [-0.2, -0.15) is 9.61 Å². The number of anilines is 1. The van der Waals surface area contributed by atoms with Crippen molar-refractivity contribution in [2.75, 3.05) is 25.1 Å². The minimum atomic E-state index is 0.386. The second-order valence-corrected chi connectivity index (χ2v) is 7.12. The molecule has 5 heteroatoms. The third kappa shape index (κ3) is 3.58. The lowest BCUT2D eigenvalue weighted by Gasteiger charge is -2.26. The van der Waals surface area contributed by atoms with E-state index in [9.17, 15) is 0 Å². The first-order valence-corrected chi connectivity index (χ1v) is 9.46. The van der Waals surface area contributed by atoms with Gasteiger partial charge in [-0.3, -0.25) is 0 Å². The second-order valence-electron chi connectivity index (χ2n) is 7.12. The Balaban J connectivity index is 1.63. The fourth-order valence-electron chi connectivity index (χ4n) is 3.59. The van der Waals surface area contributed by atoms with Gasteiger partial charge in [0.2, 0.25) is 0 Å². The van der Waals surface area contributed by atoms with Crippen LogP contribution in [0.25, 0.3) is 16.9 Å². The van der Waals surface area contributed by atoms with Crippen molar-refractivity contribution in [1.29, 1.82) is 0 Å². The predicted octanol–water partition coefficient (Wildman–Crippen LogP) is 4.10. The van der Waals surface area contributed by atoms with Crippen molar-refractivity contribution in [2.24, 2.45) is 0 Å². The molecule has 0 N–H and O–H groups in total. The Kier molecular flexibility index (Phi) is 4.89. The molecule has 1 aliphatic heterocycles. The minimum absolute atomic E-state index is 0.386. The van der Waals surface area contributed by atoms with Gasteiger partial charge in [0.1, 0.15) is 5.82 Å². The van der Waals surface area contributed by atoms with Crippen LogP contribution in [0, 0.1) is 6.92 Å². The van der Waals surface area contributed by atoms with Crippen LogP contribution < -0.4 is 4.90 Å². The highest BCUT2D eigenvalue weighted by atomic mass is 16.5. The largest absolute Gasteiger partial charge is 0.378 e. The second kappa shape index (κ2) is 7.46. The molecule has 4 rings (SSSR count). The summed E-state index contributed by atoms with van der Waals surface area (Å²) in [7, 11) is 2.13. The van der Waals surface area contributed by atoms with Crippen LogP contribution in [0.15, 0.2) is 42.5 Å². The molecule has 0 spiro atoms. The highest BCUT2D eigenvalue weighted by Gasteiger charge is 2.17. The van der Waals surface area contributed by atoms with Gasteiger partial charge in [-0.25, -0.2) is 4.98 Å². The van der Waals surface area contributed by atoms with Crippen LogP contribution in [0.2, 0.25) is 0 Å². The lowest BCUT2D eigenvalue weighted by Crippen LogP contribution is -2.28. The molecule has 1 saturated heterocycles. The zero-order valence-corrected chi connectivity index (χ0v) is 15.6. The van der Waals surface area contributed by atoms with Gasteiger partial charge in [-0.05, 0) is 32.6 Å². The van der Waals surface area contributed by atoms with Gasteiger partial charge in [-0.1, -0.05) is 30.3 Å². The van der Waals surface area contributed by atoms with E-state index in [1.54, 1.807) is 0 Å². The van der Waals surface area contributed by atoms with Crippen molar-refractivity contribution in [3.63, 3.8) is 0 Å². The van der Waals surface area contributed by atoms with Gasteiger partial charge < -0.3 is 9.64 Å². The lowest BCUT2D eigenvalue weighted by atomic mass is 10.1. The summed E-state index contributed by atoms with van der Waals surface area (Å²) in [5.41, 5.74) is 3.97. The van der Waals surface area contributed by atoms with E-state index < -0.39 is 0 Å². The van der Waals surface area contributed by atoms with Gasteiger partial charge in [0.25, 0.3) is 0 Å². The Morgan fingerprint density at radius 1 is 1.19 bits per heavy atom. The van der Waals surface area contributed by atoms with Crippen molar-refractivity contribution in [3.8, 4) is 11.3 Å². The van der Waals surface area contributed by atoms with Crippen LogP contribution >= 0.6 is 0 Å². The molecule has 0 aliphatic carbocycles. The standard InChI is InChI=1S/C21H26N4O/c1-16-14-20-22-19(17-8-4-3-5-9-17)15-21(25(20)23-16)24(2)12-11-18-10-6-7-13-26-18/h3-5,8-9,14-15,18H,6-7,10-13H2,1-2H3/t18-/m0/s1. The first-order chi connectivity index (χ1) is 12.7. The summed E-state index contributed by atoms with van der Waals surface area (Å²) in [6, 6.07) is 14.5.